The molecule has 19 heavy (non-hydrogen) atoms. The molecule has 1 N–H and O–H groups in total. The van der Waals surface area contributed by atoms with E-state index >= 15 is 0 Å². The average molecular weight is 261 g/mol. The van der Waals surface area contributed by atoms with Crippen molar-refractivity contribution in [3.05, 3.63) is 29.8 Å². The van der Waals surface area contributed by atoms with Gasteiger partial charge in [0.25, 0.3) is 0 Å². The number of benzene rings is 1. The van der Waals surface area contributed by atoms with Crippen LogP contribution in [0.1, 0.15) is 49.9 Å². The van der Waals surface area contributed by atoms with Crippen LogP contribution in [0.15, 0.2) is 24.3 Å². The molecule has 1 aromatic carbocycles. The van der Waals surface area contributed by atoms with Gasteiger partial charge in [-0.05, 0) is 44.4 Å². The zero-order valence-corrected chi connectivity index (χ0v) is 11.8. The van der Waals surface area contributed by atoms with E-state index in [2.05, 4.69) is 12.2 Å². The maximum Gasteiger partial charge on any atom is 0.338 e. The maximum atomic E-state index is 11.7. The van der Waals surface area contributed by atoms with Crippen molar-refractivity contribution in [2.75, 3.05) is 11.9 Å². The van der Waals surface area contributed by atoms with Gasteiger partial charge < -0.3 is 10.1 Å². The summed E-state index contributed by atoms with van der Waals surface area (Å²) in [5, 5.41) is 3.47. The molecule has 0 spiro atoms. The zero-order valence-electron chi connectivity index (χ0n) is 11.8. The second kappa shape index (κ2) is 6.60. The van der Waals surface area contributed by atoms with Crippen molar-refractivity contribution in [3.8, 4) is 0 Å². The first-order valence-corrected chi connectivity index (χ1v) is 7.22. The number of ether oxygens (including phenoxy) is 1. The molecule has 0 aliphatic heterocycles. The summed E-state index contributed by atoms with van der Waals surface area (Å²) in [6.45, 7) is 4.44. The third-order valence-electron chi connectivity index (χ3n) is 3.70. The van der Waals surface area contributed by atoms with Gasteiger partial charge in [-0.15, -0.1) is 0 Å². The molecular weight excluding hydrogens is 238 g/mol. The molecule has 1 unspecified atom stereocenters. The summed E-state index contributed by atoms with van der Waals surface area (Å²) in [5.41, 5.74) is 1.61. The van der Waals surface area contributed by atoms with E-state index in [-0.39, 0.29) is 5.97 Å². The number of hydrogen-bond donors (Lipinski definition) is 1. The molecule has 0 bridgehead atoms. The lowest BCUT2D eigenvalue weighted by Crippen LogP contribution is -2.23. The van der Waals surface area contributed by atoms with E-state index in [4.69, 9.17) is 4.74 Å². The molecule has 0 aromatic heterocycles. The van der Waals surface area contributed by atoms with Gasteiger partial charge in [0.15, 0.2) is 0 Å². The Balaban J connectivity index is 1.92. The molecule has 104 valence electrons. The van der Waals surface area contributed by atoms with Gasteiger partial charge in [0.2, 0.25) is 0 Å². The Labute approximate surface area is 115 Å². The fourth-order valence-electron chi connectivity index (χ4n) is 2.52. The summed E-state index contributed by atoms with van der Waals surface area (Å²) in [6, 6.07) is 8.00. The highest BCUT2D eigenvalue weighted by Gasteiger charge is 2.19. The van der Waals surface area contributed by atoms with Crippen molar-refractivity contribution in [2.24, 2.45) is 5.92 Å². The van der Waals surface area contributed by atoms with E-state index in [9.17, 15) is 4.79 Å². The minimum Gasteiger partial charge on any atom is -0.462 e. The van der Waals surface area contributed by atoms with Gasteiger partial charge in [0.05, 0.1) is 12.2 Å². The minimum absolute atomic E-state index is 0.252. The molecule has 1 aromatic rings. The Morgan fingerprint density at radius 1 is 1.47 bits per heavy atom. The number of nitrogens with one attached hydrogen (secondary N) is 1. The highest BCUT2D eigenvalue weighted by atomic mass is 16.5. The van der Waals surface area contributed by atoms with Crippen molar-refractivity contribution in [2.45, 2.75) is 45.6 Å². The Morgan fingerprint density at radius 3 is 2.89 bits per heavy atom. The van der Waals surface area contributed by atoms with Gasteiger partial charge in [-0.2, -0.15) is 0 Å². The second-order valence-electron chi connectivity index (χ2n) is 5.38. The fourth-order valence-corrected chi connectivity index (χ4v) is 2.52. The van der Waals surface area contributed by atoms with Crippen LogP contribution in [0.3, 0.4) is 0 Å². The Bertz CT molecular complexity index is 427. The predicted octanol–water partition coefficient (Wildman–Crippen LogP) is 3.85. The van der Waals surface area contributed by atoms with E-state index in [1.807, 2.05) is 25.1 Å². The Kier molecular flexibility index (Phi) is 4.83. The monoisotopic (exact) mass is 261 g/mol. The summed E-state index contributed by atoms with van der Waals surface area (Å²) in [6.07, 6.45) is 5.34. The molecule has 0 amide bonds. The lowest BCUT2D eigenvalue weighted by atomic mass is 9.81. The molecular formula is C16H23NO2. The lowest BCUT2D eigenvalue weighted by Gasteiger charge is -2.29. The SMILES string of the molecule is CCOC(=O)c1cccc(NC(C)CC2CCC2)c1. The first-order chi connectivity index (χ1) is 9.19. The average Bonchev–Trinajstić information content (AvgIpc) is 2.34. The van der Waals surface area contributed by atoms with Gasteiger partial charge in [-0.25, -0.2) is 4.79 Å². The molecule has 0 radical (unpaired) electrons. The molecule has 3 heteroatoms. The first-order valence-electron chi connectivity index (χ1n) is 7.22. The summed E-state index contributed by atoms with van der Waals surface area (Å²) in [5.74, 6) is 0.633. The quantitative estimate of drug-likeness (QED) is 0.790. The van der Waals surface area contributed by atoms with E-state index < -0.39 is 0 Å². The molecule has 1 aliphatic carbocycles. The zero-order chi connectivity index (χ0) is 13.7. The van der Waals surface area contributed by atoms with E-state index in [0.717, 1.165) is 11.6 Å². The van der Waals surface area contributed by atoms with Gasteiger partial charge in [-0.3, -0.25) is 0 Å². The van der Waals surface area contributed by atoms with E-state index in [0.29, 0.717) is 18.2 Å². The van der Waals surface area contributed by atoms with Crippen LogP contribution in [0.2, 0.25) is 0 Å². The van der Waals surface area contributed by atoms with Crippen LogP contribution in [0, 0.1) is 5.92 Å². The van der Waals surface area contributed by atoms with Crippen LogP contribution < -0.4 is 5.32 Å². The first kappa shape index (κ1) is 13.9. The standard InChI is InChI=1S/C16H23NO2/c1-3-19-16(18)14-8-5-9-15(11-14)17-12(2)10-13-6-4-7-13/h5,8-9,11-13,17H,3-4,6-7,10H2,1-2H3. The topological polar surface area (TPSA) is 38.3 Å². The predicted molar refractivity (Wildman–Crippen MR) is 77.4 cm³/mol. The Hall–Kier alpha value is -1.51. The summed E-state index contributed by atoms with van der Waals surface area (Å²) in [7, 11) is 0. The number of hydrogen-bond acceptors (Lipinski definition) is 3. The highest BCUT2D eigenvalue weighted by molar-refractivity contribution is 5.90. The third-order valence-corrected chi connectivity index (χ3v) is 3.70. The summed E-state index contributed by atoms with van der Waals surface area (Å²) >= 11 is 0. The largest absolute Gasteiger partial charge is 0.462 e. The van der Waals surface area contributed by atoms with E-state index in [1.54, 1.807) is 6.07 Å². The number of rotatable bonds is 6. The molecule has 0 saturated heterocycles. The van der Waals surface area contributed by atoms with Crippen molar-refractivity contribution in [1.29, 1.82) is 0 Å². The molecule has 1 aliphatic rings. The number of anilines is 1. The molecule has 3 nitrogen and oxygen atoms in total. The van der Waals surface area contributed by atoms with Crippen molar-refractivity contribution >= 4 is 11.7 Å². The maximum absolute atomic E-state index is 11.7. The molecule has 1 fully saturated rings. The second-order valence-corrected chi connectivity index (χ2v) is 5.38. The summed E-state index contributed by atoms with van der Waals surface area (Å²) in [4.78, 5) is 11.7. The third kappa shape index (κ3) is 3.98. The van der Waals surface area contributed by atoms with Crippen molar-refractivity contribution in [3.63, 3.8) is 0 Å². The Morgan fingerprint density at radius 2 is 2.26 bits per heavy atom. The van der Waals surface area contributed by atoms with Gasteiger partial charge in [-0.1, -0.05) is 25.3 Å². The normalized spacial score (nSPS) is 16.5. The summed E-state index contributed by atoms with van der Waals surface area (Å²) < 4.78 is 5.01. The minimum atomic E-state index is -0.252. The number of carbonyl (C=O) groups excluding carboxylic acids is 1. The molecule has 1 atom stereocenters. The molecule has 1 saturated carbocycles. The smallest absolute Gasteiger partial charge is 0.338 e. The van der Waals surface area contributed by atoms with Crippen LogP contribution in [-0.2, 0) is 4.74 Å². The van der Waals surface area contributed by atoms with Crippen LogP contribution in [0.5, 0.6) is 0 Å². The van der Waals surface area contributed by atoms with Crippen molar-refractivity contribution < 1.29 is 9.53 Å². The van der Waals surface area contributed by atoms with Gasteiger partial charge >= 0.3 is 5.97 Å². The van der Waals surface area contributed by atoms with Crippen LogP contribution in [-0.4, -0.2) is 18.6 Å². The van der Waals surface area contributed by atoms with Gasteiger partial charge in [0.1, 0.15) is 0 Å². The fraction of sp³-hybridized carbons (Fsp3) is 0.562. The van der Waals surface area contributed by atoms with Crippen LogP contribution in [0.25, 0.3) is 0 Å². The molecule has 2 rings (SSSR count). The van der Waals surface area contributed by atoms with Gasteiger partial charge in [0, 0.05) is 11.7 Å². The lowest BCUT2D eigenvalue weighted by molar-refractivity contribution is 0.0526. The van der Waals surface area contributed by atoms with Crippen molar-refractivity contribution in [1.82, 2.24) is 0 Å². The molecule has 0 heterocycles. The van der Waals surface area contributed by atoms with E-state index in [1.165, 1.54) is 25.7 Å². The number of esters is 1. The highest BCUT2D eigenvalue weighted by Crippen LogP contribution is 2.31. The van der Waals surface area contributed by atoms with Crippen LogP contribution >= 0.6 is 0 Å². The number of carbonyl (C=O) groups is 1. The van der Waals surface area contributed by atoms with Crippen LogP contribution in [0.4, 0.5) is 5.69 Å².